The van der Waals surface area contributed by atoms with Crippen molar-refractivity contribution in [3.63, 3.8) is 0 Å². The second-order valence-corrected chi connectivity index (χ2v) is 17.6. The summed E-state index contributed by atoms with van der Waals surface area (Å²) < 4.78 is 2.43. The van der Waals surface area contributed by atoms with E-state index in [9.17, 15) is 0 Å². The van der Waals surface area contributed by atoms with Crippen LogP contribution in [0.1, 0.15) is 17.7 Å². The highest BCUT2D eigenvalue weighted by atomic mass is 15.1. The fourth-order valence-corrected chi connectivity index (χ4v) is 10.9. The lowest BCUT2D eigenvalue weighted by molar-refractivity contribution is 0.967. The normalized spacial score (nSPS) is 12.3. The molecular formula is C64H45N3. The van der Waals surface area contributed by atoms with E-state index in [0.29, 0.717) is 0 Å². The Morgan fingerprint density at radius 3 is 1.52 bits per heavy atom. The molecule has 13 rings (SSSR count). The molecule has 67 heavy (non-hydrogen) atoms. The standard InChI is InChI=1S/C64H45N3/c1-3-19-43(20-4-1)65-59-41-39-57(47-23-7-9-25-49(47)59)63-53-29-11-13-31-55(53)64(56-32-14-12-30-54(56)63)58-40-42-62(50-26-10-8-24-48(50)58)66(44-21-5-2-6-22-44)45-35-37-46(38-36-45)67-60-33-17-15-27-51(60)52-28-16-18-34-61(52)67/h1-15,17-27,29-42,65H,16,28H2. The SMILES string of the molecule is C1=Cc2c(c3ccccc3n2-c2ccc(N(c3ccccc3)c3ccc(-c4c5ccccc5c(-c5ccc(Nc6ccccc6)c6ccccc56)c5ccccc45)c4ccccc34)cc2)CC1. The average molecular weight is 856 g/mol. The Bertz CT molecular complexity index is 3820. The average Bonchev–Trinajstić information content (AvgIpc) is 3.74. The van der Waals surface area contributed by atoms with Crippen LogP contribution in [0.5, 0.6) is 0 Å². The van der Waals surface area contributed by atoms with Gasteiger partial charge < -0.3 is 14.8 Å². The summed E-state index contributed by atoms with van der Waals surface area (Å²) in [5, 5.41) is 14.8. The molecule has 3 heteroatoms. The van der Waals surface area contributed by atoms with E-state index < -0.39 is 0 Å². The third-order valence-corrected chi connectivity index (χ3v) is 13.8. The summed E-state index contributed by atoms with van der Waals surface area (Å²) in [6.07, 6.45) is 6.76. The molecule has 0 amide bonds. The first kappa shape index (κ1) is 38.8. The molecule has 3 nitrogen and oxygen atoms in total. The Labute approximate surface area is 390 Å². The van der Waals surface area contributed by atoms with Crippen molar-refractivity contribution in [2.24, 2.45) is 0 Å². The highest BCUT2D eigenvalue weighted by molar-refractivity contribution is 6.26. The first-order valence-corrected chi connectivity index (χ1v) is 23.3. The molecule has 1 N–H and O–H groups in total. The van der Waals surface area contributed by atoms with Crippen molar-refractivity contribution in [2.75, 3.05) is 10.2 Å². The van der Waals surface area contributed by atoms with Crippen molar-refractivity contribution >= 4 is 88.5 Å². The van der Waals surface area contributed by atoms with Gasteiger partial charge in [0, 0.05) is 50.3 Å². The minimum atomic E-state index is 1.07. The second-order valence-electron chi connectivity index (χ2n) is 17.6. The molecule has 0 radical (unpaired) electrons. The van der Waals surface area contributed by atoms with Crippen LogP contribution in [0, 0.1) is 0 Å². The monoisotopic (exact) mass is 855 g/mol. The number of hydrogen-bond acceptors (Lipinski definition) is 2. The second kappa shape index (κ2) is 16.1. The molecule has 1 aliphatic rings. The van der Waals surface area contributed by atoms with Crippen molar-refractivity contribution in [1.29, 1.82) is 0 Å². The van der Waals surface area contributed by atoms with Crippen LogP contribution in [0.2, 0.25) is 0 Å². The third kappa shape index (κ3) is 6.42. The van der Waals surface area contributed by atoms with E-state index in [1.165, 1.54) is 87.5 Å². The first-order valence-electron chi connectivity index (χ1n) is 23.3. The van der Waals surface area contributed by atoms with Gasteiger partial charge in [0.25, 0.3) is 0 Å². The largest absolute Gasteiger partial charge is 0.355 e. The Kier molecular flexibility index (Phi) is 9.31. The lowest BCUT2D eigenvalue weighted by Crippen LogP contribution is -2.11. The van der Waals surface area contributed by atoms with Gasteiger partial charge in [0.1, 0.15) is 0 Å². The van der Waals surface area contributed by atoms with Crippen molar-refractivity contribution in [2.45, 2.75) is 12.8 Å². The van der Waals surface area contributed by atoms with E-state index in [1.807, 2.05) is 0 Å². The van der Waals surface area contributed by atoms with Gasteiger partial charge in [-0.3, -0.25) is 0 Å². The zero-order valence-electron chi connectivity index (χ0n) is 36.9. The molecule has 11 aromatic carbocycles. The van der Waals surface area contributed by atoms with E-state index in [0.717, 1.165) is 47.0 Å². The van der Waals surface area contributed by atoms with Gasteiger partial charge in [0.15, 0.2) is 0 Å². The van der Waals surface area contributed by atoms with Gasteiger partial charge in [-0.05, 0) is 146 Å². The number of para-hydroxylation sites is 3. The van der Waals surface area contributed by atoms with Crippen LogP contribution in [0.3, 0.4) is 0 Å². The quantitative estimate of drug-likeness (QED) is 0.154. The summed E-state index contributed by atoms with van der Waals surface area (Å²) in [7, 11) is 0. The molecule has 0 aliphatic heterocycles. The lowest BCUT2D eigenvalue weighted by atomic mass is 9.83. The molecule has 0 saturated carbocycles. The number of fused-ring (bicyclic) bond motifs is 7. The van der Waals surface area contributed by atoms with Crippen LogP contribution in [0.25, 0.3) is 88.0 Å². The maximum Gasteiger partial charge on any atom is 0.0540 e. The number of rotatable bonds is 8. The molecular weight excluding hydrogens is 811 g/mol. The number of hydrogen-bond donors (Lipinski definition) is 1. The number of nitrogens with one attached hydrogen (secondary N) is 1. The summed E-state index contributed by atoms with van der Waals surface area (Å²) in [5.74, 6) is 0. The Balaban J connectivity index is 0.983. The number of aryl methyl sites for hydroxylation is 1. The van der Waals surface area contributed by atoms with E-state index in [2.05, 4.69) is 257 Å². The predicted molar refractivity (Wildman–Crippen MR) is 286 cm³/mol. The van der Waals surface area contributed by atoms with Gasteiger partial charge in [-0.2, -0.15) is 0 Å². The lowest BCUT2D eigenvalue weighted by Gasteiger charge is -2.28. The number of aromatic nitrogens is 1. The van der Waals surface area contributed by atoms with Gasteiger partial charge in [-0.15, -0.1) is 0 Å². The topological polar surface area (TPSA) is 20.2 Å². The molecule has 0 saturated heterocycles. The molecule has 0 atom stereocenters. The summed E-state index contributed by atoms with van der Waals surface area (Å²) in [6, 6.07) is 84.2. The molecule has 316 valence electrons. The van der Waals surface area contributed by atoms with Gasteiger partial charge in [0.2, 0.25) is 0 Å². The van der Waals surface area contributed by atoms with E-state index in [4.69, 9.17) is 0 Å². The van der Waals surface area contributed by atoms with E-state index >= 15 is 0 Å². The summed E-state index contributed by atoms with van der Waals surface area (Å²) in [5.41, 5.74) is 15.6. The van der Waals surface area contributed by atoms with Crippen LogP contribution in [0.15, 0.2) is 237 Å². The summed E-state index contributed by atoms with van der Waals surface area (Å²) in [6.45, 7) is 0. The molecule has 0 spiro atoms. The molecule has 1 aliphatic carbocycles. The molecule has 1 heterocycles. The highest BCUT2D eigenvalue weighted by Gasteiger charge is 2.23. The van der Waals surface area contributed by atoms with Gasteiger partial charge in [-0.25, -0.2) is 0 Å². The number of nitrogens with zero attached hydrogens (tertiary/aromatic N) is 2. The Hall–Kier alpha value is -8.66. The highest BCUT2D eigenvalue weighted by Crippen LogP contribution is 2.49. The maximum absolute atomic E-state index is 3.70. The van der Waals surface area contributed by atoms with Crippen molar-refractivity contribution < 1.29 is 0 Å². The van der Waals surface area contributed by atoms with Crippen molar-refractivity contribution in [3.8, 4) is 27.9 Å². The van der Waals surface area contributed by atoms with E-state index in [-0.39, 0.29) is 0 Å². The van der Waals surface area contributed by atoms with E-state index in [1.54, 1.807) is 0 Å². The third-order valence-electron chi connectivity index (χ3n) is 13.8. The predicted octanol–water partition coefficient (Wildman–Crippen LogP) is 17.8. The zero-order valence-corrected chi connectivity index (χ0v) is 36.9. The summed E-state index contributed by atoms with van der Waals surface area (Å²) >= 11 is 0. The van der Waals surface area contributed by atoms with Crippen LogP contribution < -0.4 is 10.2 Å². The van der Waals surface area contributed by atoms with Crippen LogP contribution in [0.4, 0.5) is 28.4 Å². The maximum atomic E-state index is 3.70. The smallest absolute Gasteiger partial charge is 0.0540 e. The molecule has 0 unspecified atom stereocenters. The molecule has 1 aromatic heterocycles. The van der Waals surface area contributed by atoms with Crippen molar-refractivity contribution in [3.05, 3.63) is 248 Å². The molecule has 0 bridgehead atoms. The number of allylic oxidation sites excluding steroid dienone is 1. The van der Waals surface area contributed by atoms with Crippen LogP contribution in [-0.2, 0) is 6.42 Å². The van der Waals surface area contributed by atoms with Crippen molar-refractivity contribution in [1.82, 2.24) is 4.57 Å². The molecule has 12 aromatic rings. The fraction of sp³-hybridized carbons (Fsp3) is 0.0312. The minimum Gasteiger partial charge on any atom is -0.355 e. The Morgan fingerprint density at radius 2 is 0.881 bits per heavy atom. The fourth-order valence-electron chi connectivity index (χ4n) is 10.9. The number of anilines is 5. The zero-order chi connectivity index (χ0) is 44.3. The van der Waals surface area contributed by atoms with Gasteiger partial charge >= 0.3 is 0 Å². The Morgan fingerprint density at radius 1 is 0.388 bits per heavy atom. The number of benzene rings is 11. The first-order chi connectivity index (χ1) is 33.3. The minimum absolute atomic E-state index is 1.07. The van der Waals surface area contributed by atoms with Crippen LogP contribution in [-0.4, -0.2) is 4.57 Å². The molecule has 0 fully saturated rings. The van der Waals surface area contributed by atoms with Crippen LogP contribution >= 0.6 is 0 Å². The van der Waals surface area contributed by atoms with Gasteiger partial charge in [0.05, 0.1) is 11.2 Å². The summed E-state index contributed by atoms with van der Waals surface area (Å²) in [4.78, 5) is 2.42. The van der Waals surface area contributed by atoms with Gasteiger partial charge in [-0.1, -0.05) is 170 Å².